The van der Waals surface area contributed by atoms with Crippen molar-refractivity contribution >= 4 is 39.0 Å². The van der Waals surface area contributed by atoms with Crippen LogP contribution in [0.3, 0.4) is 0 Å². The van der Waals surface area contributed by atoms with Gasteiger partial charge < -0.3 is 4.90 Å². The number of halogens is 2. The first-order chi connectivity index (χ1) is 6.59. The molecule has 2 aromatic heterocycles. The molecule has 0 saturated carbocycles. The maximum absolute atomic E-state index is 5.90. The fraction of sp³-hybridized carbons (Fsp3) is 0.250. The van der Waals surface area contributed by atoms with Crippen LogP contribution in [0.15, 0.2) is 16.7 Å². The number of fused-ring (bicyclic) bond motifs is 1. The van der Waals surface area contributed by atoms with Gasteiger partial charge in [-0.1, -0.05) is 11.6 Å². The third-order valence-electron chi connectivity index (χ3n) is 1.84. The molecule has 0 spiro atoms. The van der Waals surface area contributed by atoms with Crippen LogP contribution in [0.2, 0.25) is 5.15 Å². The summed E-state index contributed by atoms with van der Waals surface area (Å²) in [7, 11) is 3.86. The first kappa shape index (κ1) is 9.73. The number of hydrogen-bond acceptors (Lipinski definition) is 3. The van der Waals surface area contributed by atoms with E-state index < -0.39 is 0 Å². The van der Waals surface area contributed by atoms with Gasteiger partial charge in [-0.25, -0.2) is 4.98 Å². The Hall–Kier alpha value is -0.810. The van der Waals surface area contributed by atoms with E-state index >= 15 is 0 Å². The molecule has 2 heterocycles. The Bertz CT molecular complexity index is 479. The Morgan fingerprint density at radius 3 is 2.86 bits per heavy atom. The number of aromatic nitrogens is 3. The molecule has 2 rings (SSSR count). The monoisotopic (exact) mass is 274 g/mol. The Kier molecular flexibility index (Phi) is 2.36. The van der Waals surface area contributed by atoms with Gasteiger partial charge in [0.15, 0.2) is 5.65 Å². The van der Waals surface area contributed by atoms with Crippen LogP contribution in [0.1, 0.15) is 0 Å². The van der Waals surface area contributed by atoms with Crippen molar-refractivity contribution in [2.75, 3.05) is 19.0 Å². The van der Waals surface area contributed by atoms with E-state index in [1.807, 2.05) is 19.0 Å². The molecule has 74 valence electrons. The van der Waals surface area contributed by atoms with Crippen LogP contribution in [-0.2, 0) is 0 Å². The molecule has 0 atom stereocenters. The van der Waals surface area contributed by atoms with E-state index in [2.05, 4.69) is 26.0 Å². The summed E-state index contributed by atoms with van der Waals surface area (Å²) in [5.41, 5.74) is 0.723. The minimum atomic E-state index is 0.461. The third-order valence-corrected chi connectivity index (χ3v) is 2.59. The second kappa shape index (κ2) is 3.40. The molecule has 0 aliphatic carbocycles. The molecule has 0 amide bonds. The van der Waals surface area contributed by atoms with Crippen molar-refractivity contribution in [1.29, 1.82) is 0 Å². The van der Waals surface area contributed by atoms with E-state index in [-0.39, 0.29) is 0 Å². The Labute approximate surface area is 94.6 Å². The van der Waals surface area contributed by atoms with E-state index in [9.17, 15) is 0 Å². The predicted molar refractivity (Wildman–Crippen MR) is 60.0 cm³/mol. The second-order valence-electron chi connectivity index (χ2n) is 3.06. The molecular formula is C8H8BrClN4. The summed E-state index contributed by atoms with van der Waals surface area (Å²) in [6, 6.07) is 1.77. The van der Waals surface area contributed by atoms with Gasteiger partial charge in [-0.3, -0.25) is 0 Å². The molecule has 0 aliphatic rings. The van der Waals surface area contributed by atoms with E-state index in [1.165, 1.54) is 0 Å². The first-order valence-corrected chi connectivity index (χ1v) is 5.14. The Morgan fingerprint density at radius 1 is 1.50 bits per heavy atom. The summed E-state index contributed by atoms with van der Waals surface area (Å²) in [5, 5.41) is 4.65. The van der Waals surface area contributed by atoms with Crippen molar-refractivity contribution in [3.8, 4) is 0 Å². The summed E-state index contributed by atoms with van der Waals surface area (Å²) >= 11 is 9.26. The highest BCUT2D eigenvalue weighted by Crippen LogP contribution is 2.23. The first-order valence-electron chi connectivity index (χ1n) is 3.96. The van der Waals surface area contributed by atoms with Crippen LogP contribution in [0.5, 0.6) is 0 Å². The van der Waals surface area contributed by atoms with Crippen molar-refractivity contribution in [2.24, 2.45) is 0 Å². The van der Waals surface area contributed by atoms with Crippen molar-refractivity contribution in [1.82, 2.24) is 14.6 Å². The fourth-order valence-corrected chi connectivity index (χ4v) is 1.74. The predicted octanol–water partition coefficient (Wildman–Crippen LogP) is 2.21. The zero-order chi connectivity index (χ0) is 10.3. The zero-order valence-electron chi connectivity index (χ0n) is 7.70. The summed E-state index contributed by atoms with van der Waals surface area (Å²) in [6.07, 6.45) is 1.70. The number of hydrogen-bond donors (Lipinski definition) is 0. The highest BCUT2D eigenvalue weighted by molar-refractivity contribution is 9.10. The van der Waals surface area contributed by atoms with Crippen LogP contribution >= 0.6 is 27.5 Å². The van der Waals surface area contributed by atoms with Gasteiger partial charge in [-0.2, -0.15) is 9.61 Å². The summed E-state index contributed by atoms with van der Waals surface area (Å²) < 4.78 is 2.57. The van der Waals surface area contributed by atoms with E-state index in [0.29, 0.717) is 5.15 Å². The second-order valence-corrected chi connectivity index (χ2v) is 4.30. The van der Waals surface area contributed by atoms with Crippen molar-refractivity contribution in [3.05, 3.63) is 21.9 Å². The third kappa shape index (κ3) is 1.46. The lowest BCUT2D eigenvalue weighted by atomic mass is 10.5. The van der Waals surface area contributed by atoms with Crippen molar-refractivity contribution < 1.29 is 0 Å². The molecule has 0 saturated heterocycles. The highest BCUT2D eigenvalue weighted by Gasteiger charge is 2.09. The number of rotatable bonds is 1. The van der Waals surface area contributed by atoms with Crippen LogP contribution in [0.4, 0.5) is 5.82 Å². The molecule has 0 aliphatic heterocycles. The maximum Gasteiger partial charge on any atom is 0.173 e. The fourth-order valence-electron chi connectivity index (χ4n) is 1.21. The molecule has 0 aromatic carbocycles. The van der Waals surface area contributed by atoms with Gasteiger partial charge in [0, 0.05) is 20.2 Å². The molecule has 2 aromatic rings. The van der Waals surface area contributed by atoms with Gasteiger partial charge in [-0.15, -0.1) is 0 Å². The van der Waals surface area contributed by atoms with Gasteiger partial charge >= 0.3 is 0 Å². The molecule has 0 bridgehead atoms. The van der Waals surface area contributed by atoms with E-state index in [1.54, 1.807) is 16.8 Å². The SMILES string of the molecule is CN(C)c1cc(Cl)nc2c(Br)cnn12. The van der Waals surface area contributed by atoms with Crippen LogP contribution < -0.4 is 4.90 Å². The smallest absolute Gasteiger partial charge is 0.173 e. The summed E-state index contributed by atoms with van der Waals surface area (Å²) in [6.45, 7) is 0. The van der Waals surface area contributed by atoms with Gasteiger partial charge in [-0.05, 0) is 15.9 Å². The van der Waals surface area contributed by atoms with E-state index in [4.69, 9.17) is 11.6 Å². The van der Waals surface area contributed by atoms with Crippen LogP contribution in [0, 0.1) is 0 Å². The molecular weight excluding hydrogens is 267 g/mol. The lowest BCUT2D eigenvalue weighted by Gasteiger charge is -2.13. The quantitative estimate of drug-likeness (QED) is 0.748. The molecule has 0 unspecified atom stereocenters. The van der Waals surface area contributed by atoms with Crippen LogP contribution in [0.25, 0.3) is 5.65 Å². The van der Waals surface area contributed by atoms with Crippen LogP contribution in [-0.4, -0.2) is 28.7 Å². The maximum atomic E-state index is 5.90. The zero-order valence-corrected chi connectivity index (χ0v) is 10.0. The highest BCUT2D eigenvalue weighted by atomic mass is 79.9. The molecule has 4 nitrogen and oxygen atoms in total. The lowest BCUT2D eigenvalue weighted by Crippen LogP contribution is -2.14. The summed E-state index contributed by atoms with van der Waals surface area (Å²) in [5.74, 6) is 0.894. The standard InChI is InChI=1S/C8H8BrClN4/c1-13(2)7-3-6(10)12-8-5(9)4-11-14(7)8/h3-4H,1-2H3. The average molecular weight is 276 g/mol. The molecule has 0 radical (unpaired) electrons. The minimum Gasteiger partial charge on any atom is -0.363 e. The van der Waals surface area contributed by atoms with Gasteiger partial charge in [0.1, 0.15) is 11.0 Å². The van der Waals surface area contributed by atoms with Crippen molar-refractivity contribution in [2.45, 2.75) is 0 Å². The average Bonchev–Trinajstić information content (AvgIpc) is 2.47. The summed E-state index contributed by atoms with van der Waals surface area (Å²) in [4.78, 5) is 6.10. The van der Waals surface area contributed by atoms with Gasteiger partial charge in [0.2, 0.25) is 0 Å². The van der Waals surface area contributed by atoms with E-state index in [0.717, 1.165) is 15.9 Å². The van der Waals surface area contributed by atoms with Crippen molar-refractivity contribution in [3.63, 3.8) is 0 Å². The minimum absolute atomic E-state index is 0.461. The van der Waals surface area contributed by atoms with Gasteiger partial charge in [0.25, 0.3) is 0 Å². The topological polar surface area (TPSA) is 33.4 Å². The largest absolute Gasteiger partial charge is 0.363 e. The number of nitrogens with zero attached hydrogens (tertiary/aromatic N) is 4. The van der Waals surface area contributed by atoms with Gasteiger partial charge in [0.05, 0.1) is 10.7 Å². The Morgan fingerprint density at radius 2 is 2.21 bits per heavy atom. The molecule has 14 heavy (non-hydrogen) atoms. The molecule has 0 N–H and O–H groups in total. The number of anilines is 1. The molecule has 0 fully saturated rings. The normalized spacial score (nSPS) is 10.9. The molecule has 6 heteroatoms. The lowest BCUT2D eigenvalue weighted by molar-refractivity contribution is 0.896. The Balaban J connectivity index is 2.82.